The summed E-state index contributed by atoms with van der Waals surface area (Å²) in [6.45, 7) is 4.66. The minimum Gasteiger partial charge on any atom is -0.455 e. The van der Waals surface area contributed by atoms with Crippen molar-refractivity contribution in [3.63, 3.8) is 0 Å². The number of aldehydes is 1. The Balaban J connectivity index is 4.51. The van der Waals surface area contributed by atoms with Gasteiger partial charge in [0, 0.05) is 25.9 Å². The van der Waals surface area contributed by atoms with Gasteiger partial charge in [0.25, 0.3) is 0 Å². The molecule has 0 saturated heterocycles. The van der Waals surface area contributed by atoms with Crippen molar-refractivity contribution in [1.29, 1.82) is 0 Å². The van der Waals surface area contributed by atoms with Crippen LogP contribution in [-0.4, -0.2) is 37.0 Å². The van der Waals surface area contributed by atoms with Crippen LogP contribution in [0.15, 0.2) is 0 Å². The third-order valence-corrected chi connectivity index (χ3v) is 2.14. The van der Waals surface area contributed by atoms with E-state index in [1.807, 2.05) is 0 Å². The van der Waals surface area contributed by atoms with Crippen molar-refractivity contribution in [1.82, 2.24) is 0 Å². The Hall–Kier alpha value is -0.980. The van der Waals surface area contributed by atoms with Gasteiger partial charge in [-0.1, -0.05) is 13.8 Å². The van der Waals surface area contributed by atoms with Crippen molar-refractivity contribution >= 4 is 12.3 Å². The average molecular weight is 234 g/mol. The second-order valence-electron chi connectivity index (χ2n) is 4.15. The normalized spacial score (nSPS) is 15.3. The standard InChI is InChI=1S/C10H18O6/c1-7(12)15-8(6-11)5-10(2,3)9(14-4)16-13/h6,8-9,13H,5H2,1-4H3. The van der Waals surface area contributed by atoms with Crippen LogP contribution in [0.1, 0.15) is 27.2 Å². The van der Waals surface area contributed by atoms with Gasteiger partial charge in [-0.25, -0.2) is 10.1 Å². The van der Waals surface area contributed by atoms with E-state index in [4.69, 9.17) is 14.7 Å². The average Bonchev–Trinajstić information content (AvgIpc) is 2.16. The molecular formula is C10H18O6. The van der Waals surface area contributed by atoms with Crippen LogP contribution >= 0.6 is 0 Å². The zero-order chi connectivity index (χ0) is 12.8. The molecule has 0 aliphatic rings. The number of carbonyl (C=O) groups excluding carboxylic acids is 2. The third kappa shape index (κ3) is 4.69. The van der Waals surface area contributed by atoms with E-state index in [9.17, 15) is 9.59 Å². The van der Waals surface area contributed by atoms with Gasteiger partial charge in [-0.15, -0.1) is 0 Å². The minimum atomic E-state index is -0.898. The lowest BCUT2D eigenvalue weighted by Gasteiger charge is -2.31. The van der Waals surface area contributed by atoms with E-state index >= 15 is 0 Å². The molecule has 0 aliphatic carbocycles. The molecule has 0 aromatic carbocycles. The Morgan fingerprint density at radius 3 is 2.38 bits per heavy atom. The topological polar surface area (TPSA) is 82.1 Å². The first-order valence-corrected chi connectivity index (χ1v) is 4.83. The van der Waals surface area contributed by atoms with E-state index < -0.39 is 23.8 Å². The molecule has 0 spiro atoms. The van der Waals surface area contributed by atoms with Crippen molar-refractivity contribution in [2.75, 3.05) is 7.11 Å². The third-order valence-electron chi connectivity index (χ3n) is 2.14. The summed E-state index contributed by atoms with van der Waals surface area (Å²) < 4.78 is 9.66. The van der Waals surface area contributed by atoms with Crippen LogP contribution in [0, 0.1) is 5.41 Å². The molecule has 94 valence electrons. The molecule has 0 rings (SSSR count). The smallest absolute Gasteiger partial charge is 0.303 e. The summed E-state index contributed by atoms with van der Waals surface area (Å²) in [4.78, 5) is 25.5. The number of ether oxygens (including phenoxy) is 2. The summed E-state index contributed by atoms with van der Waals surface area (Å²) in [6.07, 6.45) is -1.05. The second-order valence-corrected chi connectivity index (χ2v) is 4.15. The highest BCUT2D eigenvalue weighted by Gasteiger charge is 2.34. The Labute approximate surface area is 94.4 Å². The number of methoxy groups -OCH3 is 1. The highest BCUT2D eigenvalue weighted by atomic mass is 17.1. The van der Waals surface area contributed by atoms with Gasteiger partial charge in [-0.05, 0) is 0 Å². The van der Waals surface area contributed by atoms with Gasteiger partial charge in [0.2, 0.25) is 0 Å². The van der Waals surface area contributed by atoms with Gasteiger partial charge in [0.15, 0.2) is 18.7 Å². The van der Waals surface area contributed by atoms with Crippen molar-refractivity contribution in [2.24, 2.45) is 5.41 Å². The van der Waals surface area contributed by atoms with Gasteiger partial charge in [0.05, 0.1) is 0 Å². The number of carbonyl (C=O) groups is 2. The molecule has 2 unspecified atom stereocenters. The Kier molecular flexibility index (Phi) is 6.17. The Morgan fingerprint density at radius 2 is 2.06 bits per heavy atom. The lowest BCUT2D eigenvalue weighted by molar-refractivity contribution is -0.368. The van der Waals surface area contributed by atoms with E-state index in [1.165, 1.54) is 14.0 Å². The first kappa shape index (κ1) is 15.0. The van der Waals surface area contributed by atoms with Crippen LogP contribution in [0.5, 0.6) is 0 Å². The van der Waals surface area contributed by atoms with Crippen LogP contribution in [0.3, 0.4) is 0 Å². The fraction of sp³-hybridized carbons (Fsp3) is 0.800. The minimum absolute atomic E-state index is 0.190. The molecule has 0 radical (unpaired) electrons. The van der Waals surface area contributed by atoms with Crippen molar-refractivity contribution < 1.29 is 29.2 Å². The maximum Gasteiger partial charge on any atom is 0.303 e. The molecule has 0 fully saturated rings. The summed E-state index contributed by atoms with van der Waals surface area (Å²) >= 11 is 0. The summed E-state index contributed by atoms with van der Waals surface area (Å²) in [7, 11) is 1.37. The molecule has 2 atom stereocenters. The largest absolute Gasteiger partial charge is 0.455 e. The molecule has 0 amide bonds. The monoisotopic (exact) mass is 234 g/mol. The highest BCUT2D eigenvalue weighted by Crippen LogP contribution is 2.29. The molecule has 0 aromatic heterocycles. The van der Waals surface area contributed by atoms with E-state index in [-0.39, 0.29) is 6.42 Å². The number of esters is 1. The molecule has 0 bridgehead atoms. The summed E-state index contributed by atoms with van der Waals surface area (Å²) in [6, 6.07) is 0. The van der Waals surface area contributed by atoms with Crippen molar-refractivity contribution in [3.05, 3.63) is 0 Å². The summed E-state index contributed by atoms with van der Waals surface area (Å²) in [5.74, 6) is -0.535. The molecule has 1 N–H and O–H groups in total. The molecule has 16 heavy (non-hydrogen) atoms. The zero-order valence-electron chi connectivity index (χ0n) is 9.93. The number of rotatable bonds is 7. The number of hydrogen-bond donors (Lipinski definition) is 1. The Bertz CT molecular complexity index is 233. The lowest BCUT2D eigenvalue weighted by Crippen LogP contribution is -2.37. The predicted octanol–water partition coefficient (Wildman–Crippen LogP) is 0.995. The fourth-order valence-electron chi connectivity index (χ4n) is 1.45. The molecule has 0 heterocycles. The Morgan fingerprint density at radius 1 is 1.50 bits per heavy atom. The maximum atomic E-state index is 10.7. The van der Waals surface area contributed by atoms with Gasteiger partial charge in [-0.3, -0.25) is 9.59 Å². The fourth-order valence-corrected chi connectivity index (χ4v) is 1.45. The van der Waals surface area contributed by atoms with Gasteiger partial charge in [0.1, 0.15) is 0 Å². The van der Waals surface area contributed by atoms with Crippen LogP contribution < -0.4 is 0 Å². The molecular weight excluding hydrogens is 216 g/mol. The van der Waals surface area contributed by atoms with Crippen LogP contribution in [0.2, 0.25) is 0 Å². The van der Waals surface area contributed by atoms with Crippen LogP contribution in [0.25, 0.3) is 0 Å². The first-order chi connectivity index (χ1) is 7.37. The lowest BCUT2D eigenvalue weighted by atomic mass is 9.86. The molecule has 0 aliphatic heterocycles. The van der Waals surface area contributed by atoms with Crippen molar-refractivity contribution in [2.45, 2.75) is 39.6 Å². The highest BCUT2D eigenvalue weighted by molar-refractivity contribution is 5.70. The quantitative estimate of drug-likeness (QED) is 0.232. The van der Waals surface area contributed by atoms with Crippen LogP contribution in [0.4, 0.5) is 0 Å². The molecule has 6 heteroatoms. The van der Waals surface area contributed by atoms with Gasteiger partial charge >= 0.3 is 5.97 Å². The van der Waals surface area contributed by atoms with Crippen molar-refractivity contribution in [3.8, 4) is 0 Å². The SMILES string of the molecule is COC(OO)C(C)(C)CC(C=O)OC(C)=O. The summed E-state index contributed by atoms with van der Waals surface area (Å²) in [5.41, 5.74) is -0.676. The van der Waals surface area contributed by atoms with E-state index in [1.54, 1.807) is 13.8 Å². The van der Waals surface area contributed by atoms with E-state index in [2.05, 4.69) is 4.89 Å². The van der Waals surface area contributed by atoms with Crippen LogP contribution in [-0.2, 0) is 24.0 Å². The molecule has 6 nitrogen and oxygen atoms in total. The van der Waals surface area contributed by atoms with Gasteiger partial charge < -0.3 is 9.47 Å². The second kappa shape index (κ2) is 6.57. The van der Waals surface area contributed by atoms with E-state index in [0.29, 0.717) is 6.29 Å². The first-order valence-electron chi connectivity index (χ1n) is 4.83. The van der Waals surface area contributed by atoms with Gasteiger partial charge in [-0.2, -0.15) is 0 Å². The zero-order valence-corrected chi connectivity index (χ0v) is 9.93. The molecule has 0 aromatic rings. The summed E-state index contributed by atoms with van der Waals surface area (Å²) in [5, 5.41) is 8.61. The number of hydrogen-bond acceptors (Lipinski definition) is 6. The predicted molar refractivity (Wildman–Crippen MR) is 54.5 cm³/mol. The maximum absolute atomic E-state index is 10.7. The van der Waals surface area contributed by atoms with E-state index in [0.717, 1.165) is 0 Å². The molecule has 0 saturated carbocycles.